The number of carbonyl (C=O) groups excluding carboxylic acids is 1. The normalized spacial score (nSPS) is 25.8. The van der Waals surface area contributed by atoms with Gasteiger partial charge in [-0.15, -0.1) is 8.78 Å². The fraction of sp³-hybridized carbons (Fsp3) is 0.375. The molecule has 0 spiro atoms. The number of alkyl halides is 2. The van der Waals surface area contributed by atoms with Gasteiger partial charge in [0, 0.05) is 12.6 Å². The molecule has 3 aliphatic rings. The first-order valence-corrected chi connectivity index (χ1v) is 10.3. The van der Waals surface area contributed by atoms with E-state index in [4.69, 9.17) is 4.74 Å². The second-order valence-corrected chi connectivity index (χ2v) is 7.96. The predicted octanol–water partition coefficient (Wildman–Crippen LogP) is 4.56. The Morgan fingerprint density at radius 3 is 2.65 bits per heavy atom. The predicted molar refractivity (Wildman–Crippen MR) is 112 cm³/mol. The van der Waals surface area contributed by atoms with Gasteiger partial charge in [0.05, 0.1) is 11.5 Å². The number of rotatable bonds is 7. The Morgan fingerprint density at radius 1 is 1.16 bits per heavy atom. The molecule has 1 aliphatic carbocycles. The molecule has 2 atom stereocenters. The summed E-state index contributed by atoms with van der Waals surface area (Å²) in [6, 6.07) is 4.53. The Balaban J connectivity index is 1.45. The fourth-order valence-electron chi connectivity index (χ4n) is 4.09. The summed E-state index contributed by atoms with van der Waals surface area (Å²) in [7, 11) is 0. The molecule has 5 nitrogen and oxygen atoms in total. The van der Waals surface area contributed by atoms with E-state index in [1.807, 2.05) is 18.2 Å². The van der Waals surface area contributed by atoms with E-state index >= 15 is 0 Å². The maximum Gasteiger partial charge on any atom is 0.586 e. The summed E-state index contributed by atoms with van der Waals surface area (Å²) in [6.07, 6.45) is 7.88. The van der Waals surface area contributed by atoms with Crippen LogP contribution in [-0.2, 0) is 14.9 Å². The molecule has 2 aliphatic heterocycles. The molecule has 1 aromatic rings. The second kappa shape index (κ2) is 8.30. The van der Waals surface area contributed by atoms with Gasteiger partial charge in [-0.25, -0.2) is 0 Å². The third-order valence-corrected chi connectivity index (χ3v) is 5.86. The minimum Gasteiger partial charge on any atom is -0.395 e. The van der Waals surface area contributed by atoms with Crippen molar-refractivity contribution in [2.75, 3.05) is 6.61 Å². The van der Waals surface area contributed by atoms with Crippen molar-refractivity contribution in [1.82, 2.24) is 5.32 Å². The molecule has 2 heterocycles. The largest absolute Gasteiger partial charge is 0.586 e. The van der Waals surface area contributed by atoms with E-state index in [2.05, 4.69) is 27.9 Å². The molecule has 0 unspecified atom stereocenters. The van der Waals surface area contributed by atoms with E-state index in [1.54, 1.807) is 18.2 Å². The molecule has 1 N–H and O–H groups in total. The highest BCUT2D eigenvalue weighted by atomic mass is 19.3. The van der Waals surface area contributed by atoms with E-state index in [0.29, 0.717) is 37.9 Å². The van der Waals surface area contributed by atoms with Crippen molar-refractivity contribution in [3.05, 3.63) is 72.9 Å². The lowest BCUT2D eigenvalue weighted by molar-refractivity contribution is -0.286. The van der Waals surface area contributed by atoms with Crippen LogP contribution >= 0.6 is 0 Å². The van der Waals surface area contributed by atoms with Crippen LogP contribution in [0.25, 0.3) is 0 Å². The maximum absolute atomic E-state index is 13.3. The van der Waals surface area contributed by atoms with Gasteiger partial charge < -0.3 is 19.5 Å². The van der Waals surface area contributed by atoms with Gasteiger partial charge in [0.15, 0.2) is 11.5 Å². The molecule has 4 rings (SSSR count). The molecule has 7 heteroatoms. The zero-order valence-corrected chi connectivity index (χ0v) is 17.1. The van der Waals surface area contributed by atoms with Crippen molar-refractivity contribution in [3.8, 4) is 11.5 Å². The van der Waals surface area contributed by atoms with Gasteiger partial charge in [0.2, 0.25) is 5.91 Å². The van der Waals surface area contributed by atoms with E-state index in [0.717, 1.165) is 5.57 Å². The van der Waals surface area contributed by atoms with Crippen molar-refractivity contribution in [2.45, 2.75) is 49.5 Å². The molecular weight excluding hydrogens is 404 g/mol. The SMILES string of the molecule is C=C/C=C\C(=C/C=C)[C@H]1C[C@H](NC(=O)C2(c3ccc4c(c3)OC(F)(F)O4)CC2)CCO1. The number of fused-ring (bicyclic) bond motifs is 1. The van der Waals surface area contributed by atoms with Crippen LogP contribution in [0.1, 0.15) is 31.2 Å². The third-order valence-electron chi connectivity index (χ3n) is 5.86. The van der Waals surface area contributed by atoms with Crippen molar-refractivity contribution < 1.29 is 27.8 Å². The lowest BCUT2D eigenvalue weighted by atomic mass is 9.92. The molecular formula is C24H25F2NO4. The van der Waals surface area contributed by atoms with Gasteiger partial charge in [0.1, 0.15) is 0 Å². The Hall–Kier alpha value is -2.93. The number of amides is 1. The number of carbonyl (C=O) groups is 1. The molecule has 1 saturated heterocycles. The van der Waals surface area contributed by atoms with Crippen LogP contribution in [0.3, 0.4) is 0 Å². The minimum absolute atomic E-state index is 0.0219. The van der Waals surface area contributed by atoms with Crippen LogP contribution in [0.2, 0.25) is 0 Å². The van der Waals surface area contributed by atoms with Crippen LogP contribution in [0.15, 0.2) is 67.3 Å². The van der Waals surface area contributed by atoms with Gasteiger partial charge in [0.25, 0.3) is 0 Å². The summed E-state index contributed by atoms with van der Waals surface area (Å²) in [6.45, 7) is 7.97. The topological polar surface area (TPSA) is 56.8 Å². The van der Waals surface area contributed by atoms with Crippen LogP contribution in [0.4, 0.5) is 8.78 Å². The number of hydrogen-bond donors (Lipinski definition) is 1. The average molecular weight is 429 g/mol. The van der Waals surface area contributed by atoms with Crippen LogP contribution in [0.5, 0.6) is 11.5 Å². The highest BCUT2D eigenvalue weighted by Gasteiger charge is 2.53. The van der Waals surface area contributed by atoms with Crippen LogP contribution < -0.4 is 14.8 Å². The molecule has 1 amide bonds. The summed E-state index contributed by atoms with van der Waals surface area (Å²) in [5.74, 6) is -0.160. The summed E-state index contributed by atoms with van der Waals surface area (Å²) in [4.78, 5) is 13.2. The first kappa shape index (κ1) is 21.3. The van der Waals surface area contributed by atoms with Crippen LogP contribution in [0, 0.1) is 0 Å². The zero-order chi connectivity index (χ0) is 22.1. The Kier molecular flexibility index (Phi) is 5.71. The lowest BCUT2D eigenvalue weighted by Crippen LogP contribution is -2.46. The van der Waals surface area contributed by atoms with Crippen LogP contribution in [-0.4, -0.2) is 31.0 Å². The molecule has 0 bridgehead atoms. The monoisotopic (exact) mass is 429 g/mol. The zero-order valence-electron chi connectivity index (χ0n) is 17.1. The van der Waals surface area contributed by atoms with E-state index in [9.17, 15) is 13.6 Å². The third kappa shape index (κ3) is 4.42. The van der Waals surface area contributed by atoms with Crippen molar-refractivity contribution >= 4 is 5.91 Å². The van der Waals surface area contributed by atoms with Gasteiger partial charge in [-0.3, -0.25) is 4.79 Å². The molecule has 2 fully saturated rings. The van der Waals surface area contributed by atoms with Crippen molar-refractivity contribution in [2.24, 2.45) is 0 Å². The highest BCUT2D eigenvalue weighted by molar-refractivity contribution is 5.91. The first-order chi connectivity index (χ1) is 14.9. The molecule has 1 saturated carbocycles. The first-order valence-electron chi connectivity index (χ1n) is 10.3. The highest BCUT2D eigenvalue weighted by Crippen LogP contribution is 2.52. The quantitative estimate of drug-likeness (QED) is 0.646. The standard InChI is InChI=1S/C24H25F2NO4/c1-3-5-7-16(6-4-2)20-15-18(10-13-29-20)27-22(28)23(11-12-23)17-8-9-19-21(14-17)31-24(25,26)30-19/h3-9,14,18,20H,1-2,10-13,15H2,(H,27,28)/b7-5-,16-6+/t18-,20-/m1/s1. The Morgan fingerprint density at radius 2 is 1.94 bits per heavy atom. The molecule has 0 radical (unpaired) electrons. The maximum atomic E-state index is 13.3. The molecule has 164 valence electrons. The Bertz CT molecular complexity index is 949. The van der Waals surface area contributed by atoms with Gasteiger partial charge in [-0.1, -0.05) is 49.6 Å². The van der Waals surface area contributed by atoms with E-state index in [-0.39, 0.29) is 29.6 Å². The number of hydrogen-bond acceptors (Lipinski definition) is 4. The Labute approximate surface area is 180 Å². The van der Waals surface area contributed by atoms with E-state index in [1.165, 1.54) is 12.1 Å². The molecule has 1 aromatic carbocycles. The number of nitrogens with one attached hydrogen (secondary N) is 1. The average Bonchev–Trinajstić information content (AvgIpc) is 3.48. The van der Waals surface area contributed by atoms with Crippen molar-refractivity contribution in [1.29, 1.82) is 0 Å². The van der Waals surface area contributed by atoms with Gasteiger partial charge in [-0.05, 0) is 49.0 Å². The number of ether oxygens (including phenoxy) is 3. The molecule has 31 heavy (non-hydrogen) atoms. The summed E-state index contributed by atoms with van der Waals surface area (Å²) in [5, 5.41) is 3.15. The number of benzene rings is 1. The van der Waals surface area contributed by atoms with E-state index < -0.39 is 11.7 Å². The fourth-order valence-corrected chi connectivity index (χ4v) is 4.09. The number of allylic oxidation sites excluding steroid dienone is 4. The van der Waals surface area contributed by atoms with Gasteiger partial charge in [-0.2, -0.15) is 0 Å². The second-order valence-electron chi connectivity index (χ2n) is 7.96. The minimum atomic E-state index is -3.67. The number of halogens is 2. The summed E-state index contributed by atoms with van der Waals surface area (Å²) in [5.41, 5.74) is 0.911. The van der Waals surface area contributed by atoms with Crippen molar-refractivity contribution in [3.63, 3.8) is 0 Å². The summed E-state index contributed by atoms with van der Waals surface area (Å²) < 4.78 is 41.6. The summed E-state index contributed by atoms with van der Waals surface area (Å²) >= 11 is 0. The van der Waals surface area contributed by atoms with Gasteiger partial charge >= 0.3 is 6.29 Å². The molecule has 0 aromatic heterocycles. The lowest BCUT2D eigenvalue weighted by Gasteiger charge is -2.32. The smallest absolute Gasteiger partial charge is 0.395 e.